The molecule has 2 aromatic rings. The van der Waals surface area contributed by atoms with Gasteiger partial charge in [0, 0.05) is 5.39 Å². The van der Waals surface area contributed by atoms with Crippen molar-refractivity contribution in [1.29, 1.82) is 0 Å². The van der Waals surface area contributed by atoms with Crippen molar-refractivity contribution in [2.45, 2.75) is 13.0 Å². The predicted molar refractivity (Wildman–Crippen MR) is 67.9 cm³/mol. The standard InChI is InChI=1S/C13H13N3O2/c1-8(12(14)17)15-13(18)11-7-6-9-4-2-3-5-10(9)16-11/h2-8H,1H3,(H2,14,17)(H,15,18)/t8-/m1/s1. The number of aromatic nitrogens is 1. The zero-order valence-corrected chi connectivity index (χ0v) is 9.88. The Hall–Kier alpha value is -2.43. The van der Waals surface area contributed by atoms with E-state index in [9.17, 15) is 9.59 Å². The molecule has 0 saturated heterocycles. The Balaban J connectivity index is 2.25. The second-order valence-electron chi connectivity index (χ2n) is 3.99. The van der Waals surface area contributed by atoms with Crippen LogP contribution in [-0.2, 0) is 4.79 Å². The molecule has 3 N–H and O–H groups in total. The Morgan fingerprint density at radius 1 is 1.22 bits per heavy atom. The average Bonchev–Trinajstić information content (AvgIpc) is 2.37. The topological polar surface area (TPSA) is 85.1 Å². The van der Waals surface area contributed by atoms with E-state index in [1.165, 1.54) is 6.92 Å². The molecule has 0 fully saturated rings. The van der Waals surface area contributed by atoms with Crippen LogP contribution in [0.4, 0.5) is 0 Å². The van der Waals surface area contributed by atoms with E-state index in [1.807, 2.05) is 30.3 Å². The summed E-state index contributed by atoms with van der Waals surface area (Å²) in [7, 11) is 0. The van der Waals surface area contributed by atoms with Gasteiger partial charge in [-0.1, -0.05) is 24.3 Å². The number of fused-ring (bicyclic) bond motifs is 1. The van der Waals surface area contributed by atoms with Crippen LogP contribution < -0.4 is 11.1 Å². The van der Waals surface area contributed by atoms with Gasteiger partial charge in [-0.25, -0.2) is 4.98 Å². The lowest BCUT2D eigenvalue weighted by molar-refractivity contribution is -0.119. The van der Waals surface area contributed by atoms with Gasteiger partial charge in [-0.3, -0.25) is 9.59 Å². The van der Waals surface area contributed by atoms with Crippen molar-refractivity contribution in [2.75, 3.05) is 0 Å². The summed E-state index contributed by atoms with van der Waals surface area (Å²) in [6.45, 7) is 1.53. The molecule has 0 aliphatic heterocycles. The zero-order chi connectivity index (χ0) is 13.1. The number of nitrogens with one attached hydrogen (secondary N) is 1. The number of hydrogen-bond donors (Lipinski definition) is 2. The Kier molecular flexibility index (Phi) is 3.23. The number of hydrogen-bond acceptors (Lipinski definition) is 3. The molecule has 5 nitrogen and oxygen atoms in total. The number of nitrogens with two attached hydrogens (primary N) is 1. The first kappa shape index (κ1) is 12.0. The van der Waals surface area contributed by atoms with Crippen molar-refractivity contribution in [3.8, 4) is 0 Å². The van der Waals surface area contributed by atoms with E-state index < -0.39 is 17.9 Å². The molecule has 0 saturated carbocycles. The number of pyridine rings is 1. The summed E-state index contributed by atoms with van der Waals surface area (Å²) in [5.41, 5.74) is 6.08. The van der Waals surface area contributed by atoms with E-state index in [2.05, 4.69) is 10.3 Å². The number of benzene rings is 1. The first-order chi connectivity index (χ1) is 8.58. The lowest BCUT2D eigenvalue weighted by Crippen LogP contribution is -2.42. The van der Waals surface area contributed by atoms with E-state index >= 15 is 0 Å². The van der Waals surface area contributed by atoms with Crippen molar-refractivity contribution in [3.05, 3.63) is 42.1 Å². The lowest BCUT2D eigenvalue weighted by atomic mass is 10.2. The smallest absolute Gasteiger partial charge is 0.270 e. The largest absolute Gasteiger partial charge is 0.368 e. The second kappa shape index (κ2) is 4.83. The highest BCUT2D eigenvalue weighted by Crippen LogP contribution is 2.11. The number of nitrogens with zero attached hydrogens (tertiary/aromatic N) is 1. The summed E-state index contributed by atoms with van der Waals surface area (Å²) in [5.74, 6) is -0.990. The van der Waals surface area contributed by atoms with Crippen LogP contribution in [0.3, 0.4) is 0 Å². The van der Waals surface area contributed by atoms with Gasteiger partial charge in [0.25, 0.3) is 5.91 Å². The normalized spacial score (nSPS) is 12.1. The number of para-hydroxylation sites is 1. The third-order valence-electron chi connectivity index (χ3n) is 2.61. The second-order valence-corrected chi connectivity index (χ2v) is 3.99. The van der Waals surface area contributed by atoms with E-state index in [0.717, 1.165) is 10.9 Å². The molecule has 2 rings (SSSR count). The van der Waals surface area contributed by atoms with Crippen molar-refractivity contribution in [1.82, 2.24) is 10.3 Å². The van der Waals surface area contributed by atoms with Crippen LogP contribution in [0.25, 0.3) is 10.9 Å². The average molecular weight is 243 g/mol. The molecule has 0 spiro atoms. The fourth-order valence-electron chi connectivity index (χ4n) is 1.53. The minimum absolute atomic E-state index is 0.266. The molecule has 0 unspecified atom stereocenters. The fraction of sp³-hybridized carbons (Fsp3) is 0.154. The summed E-state index contributed by atoms with van der Waals surface area (Å²) in [5, 5.41) is 3.44. The maximum atomic E-state index is 11.8. The van der Waals surface area contributed by atoms with Gasteiger partial charge in [0.2, 0.25) is 5.91 Å². The molecule has 1 atom stereocenters. The summed E-state index contributed by atoms with van der Waals surface area (Å²) in [6, 6.07) is 10.2. The van der Waals surface area contributed by atoms with Crippen LogP contribution >= 0.6 is 0 Å². The van der Waals surface area contributed by atoms with Gasteiger partial charge < -0.3 is 11.1 Å². The highest BCUT2D eigenvalue weighted by molar-refractivity contribution is 5.97. The molecule has 5 heteroatoms. The Morgan fingerprint density at radius 3 is 2.67 bits per heavy atom. The van der Waals surface area contributed by atoms with Crippen LogP contribution in [0, 0.1) is 0 Å². The molecule has 0 radical (unpaired) electrons. The van der Waals surface area contributed by atoms with Crippen LogP contribution in [-0.4, -0.2) is 22.8 Å². The van der Waals surface area contributed by atoms with Gasteiger partial charge in [-0.05, 0) is 19.1 Å². The van der Waals surface area contributed by atoms with E-state index in [1.54, 1.807) is 6.07 Å². The molecule has 0 bridgehead atoms. The number of carbonyl (C=O) groups excluding carboxylic acids is 2. The number of primary amides is 1. The summed E-state index contributed by atoms with van der Waals surface area (Å²) in [4.78, 5) is 26.9. The molecule has 1 aromatic heterocycles. The predicted octanol–water partition coefficient (Wildman–Crippen LogP) is 0.838. The Bertz CT molecular complexity index is 610. The quantitative estimate of drug-likeness (QED) is 0.837. The van der Waals surface area contributed by atoms with Gasteiger partial charge in [0.05, 0.1) is 5.52 Å². The molecule has 1 heterocycles. The minimum atomic E-state index is -0.717. The maximum Gasteiger partial charge on any atom is 0.270 e. The number of carbonyl (C=O) groups is 2. The molecule has 2 amide bonds. The first-order valence-corrected chi connectivity index (χ1v) is 5.54. The number of amides is 2. The zero-order valence-electron chi connectivity index (χ0n) is 9.88. The van der Waals surface area contributed by atoms with Crippen molar-refractivity contribution in [3.63, 3.8) is 0 Å². The Labute approximate surface area is 104 Å². The van der Waals surface area contributed by atoms with Crippen molar-refractivity contribution in [2.24, 2.45) is 5.73 Å². The molecule has 0 aliphatic rings. The van der Waals surface area contributed by atoms with Crippen LogP contribution in [0.15, 0.2) is 36.4 Å². The molecular formula is C13H13N3O2. The van der Waals surface area contributed by atoms with Gasteiger partial charge >= 0.3 is 0 Å². The van der Waals surface area contributed by atoms with Gasteiger partial charge in [0.15, 0.2) is 0 Å². The maximum absolute atomic E-state index is 11.8. The van der Waals surface area contributed by atoms with E-state index in [-0.39, 0.29) is 5.69 Å². The molecule has 18 heavy (non-hydrogen) atoms. The highest BCUT2D eigenvalue weighted by atomic mass is 16.2. The summed E-state index contributed by atoms with van der Waals surface area (Å²) in [6.07, 6.45) is 0. The first-order valence-electron chi connectivity index (χ1n) is 5.54. The third-order valence-corrected chi connectivity index (χ3v) is 2.61. The van der Waals surface area contributed by atoms with Crippen LogP contribution in [0.2, 0.25) is 0 Å². The molecule has 1 aromatic carbocycles. The van der Waals surface area contributed by atoms with Gasteiger partial charge in [-0.15, -0.1) is 0 Å². The summed E-state index contributed by atoms with van der Waals surface area (Å²) >= 11 is 0. The Morgan fingerprint density at radius 2 is 1.94 bits per heavy atom. The highest BCUT2D eigenvalue weighted by Gasteiger charge is 2.14. The molecule has 0 aliphatic carbocycles. The van der Waals surface area contributed by atoms with E-state index in [4.69, 9.17) is 5.73 Å². The monoisotopic (exact) mass is 243 g/mol. The van der Waals surface area contributed by atoms with Crippen molar-refractivity contribution < 1.29 is 9.59 Å². The van der Waals surface area contributed by atoms with Crippen LogP contribution in [0.1, 0.15) is 17.4 Å². The van der Waals surface area contributed by atoms with Crippen molar-refractivity contribution >= 4 is 22.7 Å². The van der Waals surface area contributed by atoms with Gasteiger partial charge in [-0.2, -0.15) is 0 Å². The number of rotatable bonds is 3. The SMILES string of the molecule is C[C@@H](NC(=O)c1ccc2ccccc2n1)C(N)=O. The summed E-state index contributed by atoms with van der Waals surface area (Å²) < 4.78 is 0. The lowest BCUT2D eigenvalue weighted by Gasteiger charge is -2.09. The van der Waals surface area contributed by atoms with Gasteiger partial charge in [0.1, 0.15) is 11.7 Å². The third kappa shape index (κ3) is 2.45. The molecular weight excluding hydrogens is 230 g/mol. The molecule has 92 valence electrons. The fourth-order valence-corrected chi connectivity index (χ4v) is 1.53. The van der Waals surface area contributed by atoms with Crippen LogP contribution in [0.5, 0.6) is 0 Å². The van der Waals surface area contributed by atoms with E-state index in [0.29, 0.717) is 0 Å². The minimum Gasteiger partial charge on any atom is -0.368 e.